The van der Waals surface area contributed by atoms with E-state index in [2.05, 4.69) is 5.32 Å². The molecular formula is C18H19F3N2O. The maximum Gasteiger partial charge on any atom is 0.416 e. The predicted molar refractivity (Wildman–Crippen MR) is 89.0 cm³/mol. The Morgan fingerprint density at radius 1 is 1.08 bits per heavy atom. The van der Waals surface area contributed by atoms with Gasteiger partial charge in [-0.2, -0.15) is 13.2 Å². The van der Waals surface area contributed by atoms with E-state index in [0.717, 1.165) is 29.1 Å². The maximum absolute atomic E-state index is 12.9. The van der Waals surface area contributed by atoms with Crippen molar-refractivity contribution in [2.24, 2.45) is 0 Å². The maximum atomic E-state index is 12.9. The summed E-state index contributed by atoms with van der Waals surface area (Å²) in [5.41, 5.74) is 1.55. The van der Waals surface area contributed by atoms with E-state index in [1.807, 2.05) is 17.0 Å². The zero-order valence-corrected chi connectivity index (χ0v) is 13.5. The van der Waals surface area contributed by atoms with Crippen LogP contribution in [-0.2, 0) is 6.18 Å². The number of benzene rings is 2. The van der Waals surface area contributed by atoms with E-state index in [4.69, 9.17) is 0 Å². The van der Waals surface area contributed by atoms with Gasteiger partial charge in [0.2, 0.25) is 0 Å². The van der Waals surface area contributed by atoms with Crippen LogP contribution >= 0.6 is 0 Å². The standard InChI is InChI=1S/C18H19F3N2O/c1-17(2,24)10-23-11-22-15-9-13(6-7-16(15)23)12-4-3-5-14(8-12)18(19,20)21/h3-9,22,24H,10-11H2,1-2H3. The lowest BCUT2D eigenvalue weighted by atomic mass is 10.0. The van der Waals surface area contributed by atoms with Gasteiger partial charge < -0.3 is 15.3 Å². The SMILES string of the molecule is CC(C)(O)CN1CNc2cc(-c3cccc(C(F)(F)F)c3)ccc21. The molecule has 24 heavy (non-hydrogen) atoms. The molecule has 1 aliphatic rings. The van der Waals surface area contributed by atoms with Crippen LogP contribution in [0.5, 0.6) is 0 Å². The number of aliphatic hydroxyl groups is 1. The van der Waals surface area contributed by atoms with Gasteiger partial charge >= 0.3 is 6.18 Å². The average molecular weight is 336 g/mol. The summed E-state index contributed by atoms with van der Waals surface area (Å²) >= 11 is 0. The van der Waals surface area contributed by atoms with Crippen LogP contribution in [0.2, 0.25) is 0 Å². The largest absolute Gasteiger partial charge is 0.416 e. The molecule has 2 N–H and O–H groups in total. The smallest absolute Gasteiger partial charge is 0.389 e. The molecule has 0 spiro atoms. The molecule has 0 fully saturated rings. The van der Waals surface area contributed by atoms with Crippen molar-refractivity contribution in [2.75, 3.05) is 23.4 Å². The first-order valence-corrected chi connectivity index (χ1v) is 7.66. The molecule has 128 valence electrons. The van der Waals surface area contributed by atoms with E-state index in [-0.39, 0.29) is 0 Å². The van der Waals surface area contributed by atoms with E-state index >= 15 is 0 Å². The molecule has 2 aromatic rings. The lowest BCUT2D eigenvalue weighted by molar-refractivity contribution is -0.137. The predicted octanol–water partition coefficient (Wildman–Crippen LogP) is 4.33. The summed E-state index contributed by atoms with van der Waals surface area (Å²) in [4.78, 5) is 2.01. The molecule has 1 aliphatic heterocycles. The molecule has 0 bridgehead atoms. The van der Waals surface area contributed by atoms with Gasteiger partial charge in [-0.25, -0.2) is 0 Å². The number of anilines is 2. The summed E-state index contributed by atoms with van der Waals surface area (Å²) in [6.45, 7) is 4.51. The number of alkyl halides is 3. The Balaban J connectivity index is 1.91. The molecule has 0 atom stereocenters. The molecule has 0 unspecified atom stereocenters. The van der Waals surface area contributed by atoms with Crippen LogP contribution in [0.15, 0.2) is 42.5 Å². The highest BCUT2D eigenvalue weighted by molar-refractivity contribution is 5.81. The first-order valence-electron chi connectivity index (χ1n) is 7.66. The van der Waals surface area contributed by atoms with E-state index in [0.29, 0.717) is 18.8 Å². The Morgan fingerprint density at radius 3 is 2.46 bits per heavy atom. The van der Waals surface area contributed by atoms with Crippen LogP contribution in [0.25, 0.3) is 11.1 Å². The monoisotopic (exact) mass is 336 g/mol. The van der Waals surface area contributed by atoms with Crippen molar-refractivity contribution < 1.29 is 18.3 Å². The minimum atomic E-state index is -4.35. The molecule has 0 aliphatic carbocycles. The second kappa shape index (κ2) is 5.70. The fraction of sp³-hybridized carbons (Fsp3) is 0.333. The highest BCUT2D eigenvalue weighted by Crippen LogP contribution is 2.37. The van der Waals surface area contributed by atoms with Crippen LogP contribution < -0.4 is 10.2 Å². The summed E-state index contributed by atoms with van der Waals surface area (Å²) in [6.07, 6.45) is -4.35. The van der Waals surface area contributed by atoms with Gasteiger partial charge in [0.15, 0.2) is 0 Å². The lowest BCUT2D eigenvalue weighted by Gasteiger charge is -2.26. The molecule has 2 aromatic carbocycles. The van der Waals surface area contributed by atoms with Crippen LogP contribution in [0.1, 0.15) is 19.4 Å². The van der Waals surface area contributed by atoms with Crippen molar-refractivity contribution in [3.05, 3.63) is 48.0 Å². The van der Waals surface area contributed by atoms with E-state index in [1.54, 1.807) is 26.0 Å². The van der Waals surface area contributed by atoms with E-state index < -0.39 is 17.3 Å². The van der Waals surface area contributed by atoms with Gasteiger partial charge in [0.05, 0.1) is 29.2 Å². The number of halogens is 3. The normalized spacial score (nSPS) is 14.5. The molecule has 1 heterocycles. The Kier molecular flexibility index (Phi) is 3.95. The lowest BCUT2D eigenvalue weighted by Crippen LogP contribution is -2.38. The van der Waals surface area contributed by atoms with E-state index in [1.165, 1.54) is 6.07 Å². The van der Waals surface area contributed by atoms with Crippen molar-refractivity contribution in [1.29, 1.82) is 0 Å². The number of nitrogens with one attached hydrogen (secondary N) is 1. The summed E-state index contributed by atoms with van der Waals surface area (Å²) in [5.74, 6) is 0. The van der Waals surface area contributed by atoms with Crippen molar-refractivity contribution in [2.45, 2.75) is 25.6 Å². The van der Waals surface area contributed by atoms with Crippen molar-refractivity contribution in [3.63, 3.8) is 0 Å². The van der Waals surface area contributed by atoms with Crippen molar-refractivity contribution in [1.82, 2.24) is 0 Å². The number of nitrogens with zero attached hydrogens (tertiary/aromatic N) is 1. The molecule has 6 heteroatoms. The summed E-state index contributed by atoms with van der Waals surface area (Å²) in [6, 6.07) is 10.8. The first kappa shape index (κ1) is 16.6. The molecule has 0 saturated heterocycles. The van der Waals surface area contributed by atoms with Gasteiger partial charge in [-0.05, 0) is 49.2 Å². The van der Waals surface area contributed by atoms with Crippen molar-refractivity contribution >= 4 is 11.4 Å². The minimum absolute atomic E-state index is 0.468. The van der Waals surface area contributed by atoms with E-state index in [9.17, 15) is 18.3 Å². The highest BCUT2D eigenvalue weighted by Gasteiger charge is 2.30. The zero-order chi connectivity index (χ0) is 17.5. The van der Waals surface area contributed by atoms with Gasteiger partial charge in [0.25, 0.3) is 0 Å². The summed E-state index contributed by atoms with van der Waals surface area (Å²) in [7, 11) is 0. The quantitative estimate of drug-likeness (QED) is 0.876. The molecule has 0 saturated carbocycles. The van der Waals surface area contributed by atoms with Crippen LogP contribution in [0.3, 0.4) is 0 Å². The Bertz CT molecular complexity index is 751. The van der Waals surface area contributed by atoms with Gasteiger partial charge in [0.1, 0.15) is 0 Å². The number of hydrogen-bond donors (Lipinski definition) is 2. The third-order valence-electron chi connectivity index (χ3n) is 3.90. The summed E-state index contributed by atoms with van der Waals surface area (Å²) in [5, 5.41) is 13.2. The first-order chi connectivity index (χ1) is 11.1. The van der Waals surface area contributed by atoms with Gasteiger partial charge in [-0.15, -0.1) is 0 Å². The molecular weight excluding hydrogens is 317 g/mol. The third-order valence-corrected chi connectivity index (χ3v) is 3.90. The fourth-order valence-corrected chi connectivity index (χ4v) is 2.88. The Hall–Kier alpha value is -2.21. The molecule has 3 nitrogen and oxygen atoms in total. The van der Waals surface area contributed by atoms with Crippen molar-refractivity contribution in [3.8, 4) is 11.1 Å². The third kappa shape index (κ3) is 3.48. The van der Waals surface area contributed by atoms with Gasteiger partial charge in [-0.1, -0.05) is 18.2 Å². The molecule has 3 rings (SSSR count). The second-order valence-electron chi connectivity index (χ2n) is 6.66. The van der Waals surface area contributed by atoms with Gasteiger partial charge in [0, 0.05) is 6.54 Å². The van der Waals surface area contributed by atoms with Crippen LogP contribution in [0, 0.1) is 0 Å². The minimum Gasteiger partial charge on any atom is -0.389 e. The summed E-state index contributed by atoms with van der Waals surface area (Å²) < 4.78 is 38.6. The molecule has 0 radical (unpaired) electrons. The number of hydrogen-bond acceptors (Lipinski definition) is 3. The number of fused-ring (bicyclic) bond motifs is 1. The Labute approximate surface area is 138 Å². The highest BCUT2D eigenvalue weighted by atomic mass is 19.4. The van der Waals surface area contributed by atoms with Gasteiger partial charge in [-0.3, -0.25) is 0 Å². The van der Waals surface area contributed by atoms with Crippen LogP contribution in [-0.4, -0.2) is 23.9 Å². The molecule has 0 aromatic heterocycles. The Morgan fingerprint density at radius 2 is 1.79 bits per heavy atom. The topological polar surface area (TPSA) is 35.5 Å². The fourth-order valence-electron chi connectivity index (χ4n) is 2.88. The molecule has 0 amide bonds. The average Bonchev–Trinajstić information content (AvgIpc) is 2.87. The zero-order valence-electron chi connectivity index (χ0n) is 13.5. The second-order valence-corrected chi connectivity index (χ2v) is 6.66. The number of β-amino-alcohol motifs (C(OH)–C–C–N with tert-alkyl or cyclic N) is 1. The van der Waals surface area contributed by atoms with Crippen LogP contribution in [0.4, 0.5) is 24.5 Å². The number of rotatable bonds is 3.